The van der Waals surface area contributed by atoms with Crippen LogP contribution >= 0.6 is 15.9 Å². The average Bonchev–Trinajstić information content (AvgIpc) is 2.46. The van der Waals surface area contributed by atoms with E-state index in [0.29, 0.717) is 49.1 Å². The van der Waals surface area contributed by atoms with Crippen LogP contribution in [0.3, 0.4) is 0 Å². The van der Waals surface area contributed by atoms with Gasteiger partial charge in [0.1, 0.15) is 5.82 Å². The number of piperazine rings is 1. The second-order valence-corrected chi connectivity index (χ2v) is 6.04. The molecule has 2 rings (SSSR count). The first kappa shape index (κ1) is 15.9. The summed E-state index contributed by atoms with van der Waals surface area (Å²) in [4.78, 5) is 26.8. The first-order valence-electron chi connectivity index (χ1n) is 6.94. The van der Waals surface area contributed by atoms with E-state index in [1.165, 1.54) is 13.0 Å². The number of carbonyl (C=O) groups is 2. The van der Waals surface area contributed by atoms with E-state index in [1.807, 2.05) is 0 Å². The van der Waals surface area contributed by atoms with Gasteiger partial charge in [0, 0.05) is 44.0 Å². The minimum absolute atomic E-state index is 0.0144. The van der Waals surface area contributed by atoms with Crippen LogP contribution < -0.4 is 0 Å². The number of amides is 2. The van der Waals surface area contributed by atoms with E-state index in [4.69, 9.17) is 0 Å². The number of halogens is 2. The van der Waals surface area contributed by atoms with Crippen LogP contribution in [0.1, 0.15) is 18.9 Å². The molecule has 4 nitrogen and oxygen atoms in total. The Labute approximate surface area is 132 Å². The smallest absolute Gasteiger partial charge is 0.223 e. The maximum absolute atomic E-state index is 13.7. The molecule has 0 radical (unpaired) electrons. The minimum atomic E-state index is -0.293. The van der Waals surface area contributed by atoms with E-state index in [9.17, 15) is 14.0 Å². The van der Waals surface area contributed by atoms with Crippen molar-refractivity contribution < 1.29 is 14.0 Å². The largest absolute Gasteiger partial charge is 0.339 e. The Morgan fingerprint density at radius 3 is 2.38 bits per heavy atom. The predicted molar refractivity (Wildman–Crippen MR) is 81.3 cm³/mol. The first-order chi connectivity index (χ1) is 9.97. The lowest BCUT2D eigenvalue weighted by molar-refractivity contribution is -0.138. The van der Waals surface area contributed by atoms with Gasteiger partial charge in [-0.15, -0.1) is 0 Å². The van der Waals surface area contributed by atoms with Crippen molar-refractivity contribution in [1.82, 2.24) is 9.80 Å². The van der Waals surface area contributed by atoms with Gasteiger partial charge in [-0.05, 0) is 24.1 Å². The molecule has 1 fully saturated rings. The Balaban J connectivity index is 1.84. The second-order valence-electron chi connectivity index (χ2n) is 5.12. The summed E-state index contributed by atoms with van der Waals surface area (Å²) in [5.74, 6) is -0.238. The first-order valence-corrected chi connectivity index (χ1v) is 7.74. The van der Waals surface area contributed by atoms with Crippen LogP contribution in [0.15, 0.2) is 22.7 Å². The minimum Gasteiger partial charge on any atom is -0.339 e. The maximum Gasteiger partial charge on any atom is 0.223 e. The lowest BCUT2D eigenvalue weighted by Crippen LogP contribution is -2.50. The highest BCUT2D eigenvalue weighted by molar-refractivity contribution is 9.10. The third kappa shape index (κ3) is 4.27. The van der Waals surface area contributed by atoms with Gasteiger partial charge in [-0.3, -0.25) is 9.59 Å². The molecular formula is C15H18BrFN2O2. The van der Waals surface area contributed by atoms with E-state index in [1.54, 1.807) is 21.9 Å². The van der Waals surface area contributed by atoms with Gasteiger partial charge in [0.2, 0.25) is 11.8 Å². The number of carbonyl (C=O) groups excluding carboxylic acids is 2. The molecule has 0 unspecified atom stereocenters. The molecule has 1 aromatic carbocycles. The number of rotatable bonds is 3. The monoisotopic (exact) mass is 356 g/mol. The molecule has 0 aliphatic carbocycles. The number of hydrogen-bond acceptors (Lipinski definition) is 2. The van der Waals surface area contributed by atoms with Crippen molar-refractivity contribution in [2.75, 3.05) is 26.2 Å². The van der Waals surface area contributed by atoms with Crippen molar-refractivity contribution in [3.63, 3.8) is 0 Å². The Morgan fingerprint density at radius 1 is 1.19 bits per heavy atom. The number of hydrogen-bond donors (Lipinski definition) is 0. The van der Waals surface area contributed by atoms with Crippen LogP contribution in [-0.4, -0.2) is 47.8 Å². The van der Waals surface area contributed by atoms with Crippen LogP contribution in [-0.2, 0) is 16.0 Å². The van der Waals surface area contributed by atoms with Crippen molar-refractivity contribution in [3.05, 3.63) is 34.1 Å². The molecule has 0 saturated carbocycles. The fourth-order valence-corrected chi connectivity index (χ4v) is 2.73. The summed E-state index contributed by atoms with van der Waals surface area (Å²) in [5.41, 5.74) is 0.550. The zero-order valence-electron chi connectivity index (χ0n) is 11.9. The molecular weight excluding hydrogens is 339 g/mol. The van der Waals surface area contributed by atoms with Crippen molar-refractivity contribution in [2.24, 2.45) is 0 Å². The topological polar surface area (TPSA) is 40.6 Å². The molecule has 0 aromatic heterocycles. The third-order valence-corrected chi connectivity index (χ3v) is 4.19. The lowest BCUT2D eigenvalue weighted by atomic mass is 10.1. The molecule has 1 saturated heterocycles. The highest BCUT2D eigenvalue weighted by Gasteiger charge is 2.22. The maximum atomic E-state index is 13.7. The van der Waals surface area contributed by atoms with Gasteiger partial charge in [-0.1, -0.05) is 22.0 Å². The van der Waals surface area contributed by atoms with Crippen LogP contribution in [0.5, 0.6) is 0 Å². The average molecular weight is 357 g/mol. The standard InChI is InChI=1S/C15H18BrFN2O2/c1-11(20)18-6-8-19(9-7-18)15(21)5-3-12-2-4-13(16)10-14(12)17/h2,4,10H,3,5-9H2,1H3. The van der Waals surface area contributed by atoms with Gasteiger partial charge >= 0.3 is 0 Å². The molecule has 1 heterocycles. The van der Waals surface area contributed by atoms with Crippen LogP contribution in [0.2, 0.25) is 0 Å². The van der Waals surface area contributed by atoms with Crippen molar-refractivity contribution in [3.8, 4) is 0 Å². The molecule has 21 heavy (non-hydrogen) atoms. The third-order valence-electron chi connectivity index (χ3n) is 3.70. The predicted octanol–water partition coefficient (Wildman–Crippen LogP) is 2.21. The summed E-state index contributed by atoms with van der Waals surface area (Å²) in [6.45, 7) is 3.80. The Morgan fingerprint density at radius 2 is 1.81 bits per heavy atom. The summed E-state index contributed by atoms with van der Waals surface area (Å²) in [7, 11) is 0. The van der Waals surface area contributed by atoms with Crippen LogP contribution in [0.25, 0.3) is 0 Å². The Hall–Kier alpha value is -1.43. The lowest BCUT2D eigenvalue weighted by Gasteiger charge is -2.34. The van der Waals surface area contributed by atoms with E-state index >= 15 is 0 Å². The zero-order chi connectivity index (χ0) is 15.4. The van der Waals surface area contributed by atoms with Crippen molar-refractivity contribution in [2.45, 2.75) is 19.8 Å². The number of nitrogens with zero attached hydrogens (tertiary/aromatic N) is 2. The highest BCUT2D eigenvalue weighted by Crippen LogP contribution is 2.17. The van der Waals surface area contributed by atoms with Crippen molar-refractivity contribution >= 4 is 27.7 Å². The van der Waals surface area contributed by atoms with Gasteiger partial charge in [0.05, 0.1) is 0 Å². The fraction of sp³-hybridized carbons (Fsp3) is 0.467. The van der Waals surface area contributed by atoms with Gasteiger partial charge in [-0.25, -0.2) is 4.39 Å². The summed E-state index contributed by atoms with van der Waals surface area (Å²) >= 11 is 3.21. The number of benzene rings is 1. The normalized spacial score (nSPS) is 15.2. The second kappa shape index (κ2) is 7.02. The highest BCUT2D eigenvalue weighted by atomic mass is 79.9. The van der Waals surface area contributed by atoms with E-state index in [2.05, 4.69) is 15.9 Å². The molecule has 0 bridgehead atoms. The van der Waals surface area contributed by atoms with Gasteiger partial charge in [0.25, 0.3) is 0 Å². The molecule has 0 N–H and O–H groups in total. The number of aryl methyl sites for hydroxylation is 1. The van der Waals surface area contributed by atoms with Crippen molar-refractivity contribution in [1.29, 1.82) is 0 Å². The molecule has 2 amide bonds. The van der Waals surface area contributed by atoms with Gasteiger partial charge in [0.15, 0.2) is 0 Å². The molecule has 6 heteroatoms. The summed E-state index contributed by atoms with van der Waals surface area (Å²) in [5, 5.41) is 0. The summed E-state index contributed by atoms with van der Waals surface area (Å²) in [6.07, 6.45) is 0.684. The zero-order valence-corrected chi connectivity index (χ0v) is 13.5. The molecule has 0 atom stereocenters. The molecule has 0 spiro atoms. The quantitative estimate of drug-likeness (QED) is 0.832. The summed E-state index contributed by atoms with van der Waals surface area (Å²) in [6, 6.07) is 4.88. The van der Waals surface area contributed by atoms with E-state index in [-0.39, 0.29) is 17.6 Å². The fourth-order valence-electron chi connectivity index (χ4n) is 2.39. The molecule has 1 aliphatic rings. The van der Waals surface area contributed by atoms with E-state index < -0.39 is 0 Å². The molecule has 114 valence electrons. The molecule has 1 aliphatic heterocycles. The van der Waals surface area contributed by atoms with E-state index in [0.717, 1.165) is 0 Å². The van der Waals surface area contributed by atoms with Gasteiger partial charge in [-0.2, -0.15) is 0 Å². The summed E-state index contributed by atoms with van der Waals surface area (Å²) < 4.78 is 14.4. The Bertz CT molecular complexity index is 542. The molecule has 1 aromatic rings. The Kier molecular flexibility index (Phi) is 5.33. The van der Waals surface area contributed by atoms with Gasteiger partial charge < -0.3 is 9.80 Å². The van der Waals surface area contributed by atoms with Crippen LogP contribution in [0.4, 0.5) is 4.39 Å². The van der Waals surface area contributed by atoms with Crippen LogP contribution in [0, 0.1) is 5.82 Å². The SMILES string of the molecule is CC(=O)N1CCN(C(=O)CCc2ccc(Br)cc2F)CC1.